The van der Waals surface area contributed by atoms with E-state index in [1.165, 1.54) is 49.4 Å². The lowest BCUT2D eigenvalue weighted by molar-refractivity contribution is -0.143. The van der Waals surface area contributed by atoms with E-state index in [9.17, 15) is 31.2 Å². The van der Waals surface area contributed by atoms with Crippen molar-refractivity contribution < 1.29 is 40.7 Å². The quantitative estimate of drug-likeness (QED) is 0.582. The van der Waals surface area contributed by atoms with Crippen LogP contribution in [-0.4, -0.2) is 45.1 Å². The zero-order valence-electron chi connectivity index (χ0n) is 17.6. The number of nitrogens with zero attached hydrogens (tertiary/aromatic N) is 1. The number of benzene rings is 2. The molecule has 0 radical (unpaired) electrons. The highest BCUT2D eigenvalue weighted by atomic mass is 32.2. The third-order valence-electron chi connectivity index (χ3n) is 4.81. The fourth-order valence-electron chi connectivity index (χ4n) is 3.57. The van der Waals surface area contributed by atoms with Crippen LogP contribution in [0.1, 0.15) is 25.0 Å². The van der Waals surface area contributed by atoms with Crippen LogP contribution in [0, 0.1) is 0 Å². The predicted octanol–water partition coefficient (Wildman–Crippen LogP) is 3.76. The number of rotatable bonds is 6. The van der Waals surface area contributed by atoms with Gasteiger partial charge in [0.15, 0.2) is 6.04 Å². The summed E-state index contributed by atoms with van der Waals surface area (Å²) in [5.41, 5.74) is -6.66. The second-order valence-electron chi connectivity index (χ2n) is 6.79. The highest BCUT2D eigenvalue weighted by Crippen LogP contribution is 2.47. The molecule has 2 aromatic rings. The SMILES string of the molecule is CCOC(=O)C1=C(c2ccccc2)C(C(=O)OCC)N(S(=O)(=O)C(F)(F)F)c2ccccc21. The maximum atomic E-state index is 13.8. The fraction of sp³-hybridized carbons (Fsp3) is 0.273. The number of carbonyl (C=O) groups is 2. The fourth-order valence-corrected chi connectivity index (χ4v) is 4.68. The summed E-state index contributed by atoms with van der Waals surface area (Å²) in [5.74, 6) is -2.18. The summed E-state index contributed by atoms with van der Waals surface area (Å²) in [4.78, 5) is 26.0. The second kappa shape index (κ2) is 9.26. The molecule has 1 atom stereocenters. The summed E-state index contributed by atoms with van der Waals surface area (Å²) >= 11 is 0. The molecular formula is C22H20F3NO6S. The van der Waals surface area contributed by atoms with Gasteiger partial charge in [-0.15, -0.1) is 0 Å². The molecule has 0 bridgehead atoms. The van der Waals surface area contributed by atoms with E-state index in [-0.39, 0.29) is 39.8 Å². The van der Waals surface area contributed by atoms with Crippen LogP contribution in [0.25, 0.3) is 11.1 Å². The number of sulfonamides is 1. The standard InChI is InChI=1S/C22H20F3NO6S/c1-3-31-20(27)18-15-12-8-9-13-16(15)26(33(29,30)22(23,24)25)19(21(28)32-4-2)17(18)14-10-6-5-7-11-14/h5-13,19H,3-4H2,1-2H3. The van der Waals surface area contributed by atoms with Gasteiger partial charge in [0.1, 0.15) is 0 Å². The van der Waals surface area contributed by atoms with E-state index < -0.39 is 39.2 Å². The molecular weight excluding hydrogens is 463 g/mol. The average molecular weight is 483 g/mol. The van der Waals surface area contributed by atoms with Crippen molar-refractivity contribution in [2.75, 3.05) is 17.5 Å². The number of alkyl halides is 3. The van der Waals surface area contributed by atoms with E-state index >= 15 is 0 Å². The van der Waals surface area contributed by atoms with E-state index in [0.29, 0.717) is 0 Å². The Balaban J connectivity index is 2.50. The Morgan fingerprint density at radius 2 is 1.52 bits per heavy atom. The minimum absolute atomic E-state index is 0.0224. The van der Waals surface area contributed by atoms with Crippen molar-refractivity contribution in [3.8, 4) is 0 Å². The summed E-state index contributed by atoms with van der Waals surface area (Å²) in [6.45, 7) is 2.68. The van der Waals surface area contributed by atoms with Gasteiger partial charge in [-0.25, -0.2) is 13.9 Å². The number of anilines is 1. The van der Waals surface area contributed by atoms with Gasteiger partial charge in [-0.1, -0.05) is 48.5 Å². The zero-order valence-corrected chi connectivity index (χ0v) is 18.4. The molecule has 1 heterocycles. The van der Waals surface area contributed by atoms with Crippen LogP contribution in [0.5, 0.6) is 0 Å². The Bertz CT molecular complexity index is 1190. The molecule has 0 saturated heterocycles. The van der Waals surface area contributed by atoms with E-state index in [1.807, 2.05) is 0 Å². The van der Waals surface area contributed by atoms with Gasteiger partial charge in [-0.3, -0.25) is 0 Å². The number of hydrogen-bond acceptors (Lipinski definition) is 6. The van der Waals surface area contributed by atoms with E-state index in [4.69, 9.17) is 9.47 Å². The largest absolute Gasteiger partial charge is 0.516 e. The molecule has 0 amide bonds. The molecule has 1 aliphatic heterocycles. The van der Waals surface area contributed by atoms with Gasteiger partial charge in [0, 0.05) is 11.1 Å². The van der Waals surface area contributed by atoms with Crippen molar-refractivity contribution in [3.05, 3.63) is 65.7 Å². The molecule has 11 heteroatoms. The average Bonchev–Trinajstić information content (AvgIpc) is 2.77. The first-order valence-corrected chi connectivity index (χ1v) is 11.3. The summed E-state index contributed by atoms with van der Waals surface area (Å²) in [6, 6.07) is 10.6. The van der Waals surface area contributed by atoms with Crippen molar-refractivity contribution in [3.63, 3.8) is 0 Å². The van der Waals surface area contributed by atoms with E-state index in [1.54, 1.807) is 13.0 Å². The summed E-state index contributed by atoms with van der Waals surface area (Å²) in [7, 11) is -6.08. The van der Waals surface area contributed by atoms with Crippen LogP contribution in [0.4, 0.5) is 18.9 Å². The number of hydrogen-bond donors (Lipinski definition) is 0. The molecule has 0 spiro atoms. The van der Waals surface area contributed by atoms with Crippen LogP contribution >= 0.6 is 0 Å². The topological polar surface area (TPSA) is 90.0 Å². The Morgan fingerprint density at radius 3 is 2.09 bits per heavy atom. The van der Waals surface area contributed by atoms with Crippen molar-refractivity contribution in [1.29, 1.82) is 0 Å². The van der Waals surface area contributed by atoms with Crippen molar-refractivity contribution in [2.24, 2.45) is 0 Å². The molecule has 0 saturated carbocycles. The molecule has 1 aliphatic rings. The molecule has 0 aromatic heterocycles. The monoisotopic (exact) mass is 483 g/mol. The third kappa shape index (κ3) is 4.32. The summed E-state index contributed by atoms with van der Waals surface area (Å²) in [5, 5.41) is 0. The maximum Gasteiger partial charge on any atom is 0.516 e. The smallest absolute Gasteiger partial charge is 0.464 e. The molecule has 1 unspecified atom stereocenters. The van der Waals surface area contributed by atoms with E-state index in [0.717, 1.165) is 6.07 Å². The number of fused-ring (bicyclic) bond motifs is 1. The van der Waals surface area contributed by atoms with Crippen molar-refractivity contribution in [1.82, 2.24) is 0 Å². The molecule has 3 rings (SSSR count). The van der Waals surface area contributed by atoms with Gasteiger partial charge in [0.25, 0.3) is 0 Å². The van der Waals surface area contributed by atoms with Gasteiger partial charge in [0.2, 0.25) is 0 Å². The zero-order chi connectivity index (χ0) is 24.4. The number of para-hydroxylation sites is 1. The number of ether oxygens (including phenoxy) is 2. The Hall–Kier alpha value is -3.34. The Labute approximate surface area is 188 Å². The number of carbonyl (C=O) groups excluding carboxylic acids is 2. The lowest BCUT2D eigenvalue weighted by atomic mass is 9.85. The van der Waals surface area contributed by atoms with Crippen molar-refractivity contribution >= 4 is 38.8 Å². The van der Waals surface area contributed by atoms with Gasteiger partial charge in [-0.2, -0.15) is 21.6 Å². The minimum atomic E-state index is -6.08. The first-order valence-electron chi connectivity index (χ1n) is 9.89. The molecule has 0 aliphatic carbocycles. The van der Waals surface area contributed by atoms with Gasteiger partial charge in [-0.05, 0) is 25.5 Å². The minimum Gasteiger partial charge on any atom is -0.464 e. The predicted molar refractivity (Wildman–Crippen MR) is 114 cm³/mol. The number of esters is 2. The molecule has 7 nitrogen and oxygen atoms in total. The lowest BCUT2D eigenvalue weighted by Crippen LogP contribution is -2.53. The second-order valence-corrected chi connectivity index (χ2v) is 8.60. The maximum absolute atomic E-state index is 13.8. The molecule has 2 aromatic carbocycles. The lowest BCUT2D eigenvalue weighted by Gasteiger charge is -2.38. The van der Waals surface area contributed by atoms with Crippen LogP contribution in [-0.2, 0) is 29.1 Å². The van der Waals surface area contributed by atoms with Crippen LogP contribution in [0.15, 0.2) is 54.6 Å². The molecule has 0 fully saturated rings. The number of halogens is 3. The highest BCUT2D eigenvalue weighted by Gasteiger charge is 2.57. The van der Waals surface area contributed by atoms with Gasteiger partial charge >= 0.3 is 27.5 Å². The van der Waals surface area contributed by atoms with Crippen LogP contribution in [0.3, 0.4) is 0 Å². The van der Waals surface area contributed by atoms with Gasteiger partial charge in [0.05, 0.1) is 24.5 Å². The molecule has 176 valence electrons. The van der Waals surface area contributed by atoms with Crippen LogP contribution in [0.2, 0.25) is 0 Å². The van der Waals surface area contributed by atoms with Crippen LogP contribution < -0.4 is 4.31 Å². The van der Waals surface area contributed by atoms with E-state index in [2.05, 4.69) is 0 Å². The first kappa shape index (κ1) is 24.3. The highest BCUT2D eigenvalue weighted by molar-refractivity contribution is 7.93. The third-order valence-corrected chi connectivity index (χ3v) is 6.32. The molecule has 33 heavy (non-hydrogen) atoms. The normalized spacial score (nSPS) is 16.3. The Morgan fingerprint density at radius 1 is 0.939 bits per heavy atom. The summed E-state index contributed by atoms with van der Waals surface area (Å²) < 4.78 is 76.8. The molecule has 0 N–H and O–H groups in total. The summed E-state index contributed by atoms with van der Waals surface area (Å²) in [6.07, 6.45) is 0. The first-order chi connectivity index (χ1) is 15.6. The van der Waals surface area contributed by atoms with Crippen molar-refractivity contribution in [2.45, 2.75) is 25.4 Å². The Kier molecular flexibility index (Phi) is 6.82. The van der Waals surface area contributed by atoms with Gasteiger partial charge < -0.3 is 9.47 Å².